The van der Waals surface area contributed by atoms with Gasteiger partial charge in [-0.3, -0.25) is 4.98 Å². The summed E-state index contributed by atoms with van der Waals surface area (Å²) >= 11 is 0. The molecule has 0 unspecified atom stereocenters. The Labute approximate surface area is 185 Å². The fourth-order valence-corrected chi connectivity index (χ4v) is 5.76. The van der Waals surface area contributed by atoms with Crippen LogP contribution in [0.1, 0.15) is 27.2 Å². The highest BCUT2D eigenvalue weighted by Crippen LogP contribution is 2.36. The first-order valence-electron chi connectivity index (χ1n) is 10.8. The standard InChI is InChI=1S/C23H33N3O4S/c1-5-11-25(4)15-22-17(2)14-26(18(3)16-27)31(28,29)23-9-8-19(12-21(23)30-22)20-7-6-10-24-13-20/h6-10,12-13,17-18,22,27H,5,11,14-16H2,1-4H3/t17-,18-,22-/m1/s1. The van der Waals surface area contributed by atoms with Gasteiger partial charge in [0.2, 0.25) is 10.0 Å². The third-order valence-corrected chi connectivity index (χ3v) is 7.78. The van der Waals surface area contributed by atoms with E-state index in [1.54, 1.807) is 37.5 Å². The van der Waals surface area contributed by atoms with Gasteiger partial charge in [-0.05, 0) is 50.7 Å². The molecule has 1 aromatic heterocycles. The maximum atomic E-state index is 13.5. The zero-order chi connectivity index (χ0) is 22.6. The van der Waals surface area contributed by atoms with E-state index in [9.17, 15) is 13.5 Å². The number of pyridine rings is 1. The quantitative estimate of drug-likeness (QED) is 0.703. The highest BCUT2D eigenvalue weighted by atomic mass is 32.2. The van der Waals surface area contributed by atoms with Crippen LogP contribution in [0, 0.1) is 5.92 Å². The molecule has 0 aliphatic carbocycles. The van der Waals surface area contributed by atoms with Crippen molar-refractivity contribution in [3.63, 3.8) is 0 Å². The van der Waals surface area contributed by atoms with Gasteiger partial charge >= 0.3 is 0 Å². The SMILES string of the molecule is CCCN(C)C[C@H]1Oc2cc(-c3cccnc3)ccc2S(=O)(=O)N([C@H](C)CO)C[C@H]1C. The Morgan fingerprint density at radius 3 is 2.74 bits per heavy atom. The monoisotopic (exact) mass is 447 g/mol. The zero-order valence-electron chi connectivity index (χ0n) is 18.7. The lowest BCUT2D eigenvalue weighted by Gasteiger charge is -2.37. The van der Waals surface area contributed by atoms with E-state index in [1.165, 1.54) is 4.31 Å². The fraction of sp³-hybridized carbons (Fsp3) is 0.522. The van der Waals surface area contributed by atoms with Crippen molar-refractivity contribution >= 4 is 10.0 Å². The minimum atomic E-state index is -3.83. The molecule has 3 atom stereocenters. The second-order valence-electron chi connectivity index (χ2n) is 8.41. The van der Waals surface area contributed by atoms with Crippen LogP contribution in [0.15, 0.2) is 47.6 Å². The van der Waals surface area contributed by atoms with Gasteiger partial charge in [0.25, 0.3) is 0 Å². The van der Waals surface area contributed by atoms with Gasteiger partial charge in [0.15, 0.2) is 0 Å². The average Bonchev–Trinajstić information content (AvgIpc) is 2.76. The van der Waals surface area contributed by atoms with Crippen molar-refractivity contribution in [1.82, 2.24) is 14.2 Å². The van der Waals surface area contributed by atoms with Crippen molar-refractivity contribution in [2.24, 2.45) is 5.92 Å². The minimum Gasteiger partial charge on any atom is -0.487 e. The molecule has 0 fully saturated rings. The van der Waals surface area contributed by atoms with Gasteiger partial charge in [0.1, 0.15) is 16.7 Å². The predicted molar refractivity (Wildman–Crippen MR) is 121 cm³/mol. The first-order valence-corrected chi connectivity index (χ1v) is 12.2. The largest absolute Gasteiger partial charge is 0.487 e. The van der Waals surface area contributed by atoms with E-state index in [1.807, 2.05) is 19.1 Å². The summed E-state index contributed by atoms with van der Waals surface area (Å²) in [6.45, 7) is 7.54. The Bertz CT molecular complexity index is 968. The molecular formula is C23H33N3O4S. The summed E-state index contributed by atoms with van der Waals surface area (Å²) in [5.41, 5.74) is 1.74. The Balaban J connectivity index is 2.10. The molecule has 0 radical (unpaired) electrons. The number of nitrogens with zero attached hydrogens (tertiary/aromatic N) is 3. The molecule has 0 saturated carbocycles. The van der Waals surface area contributed by atoms with Crippen molar-refractivity contribution < 1.29 is 18.3 Å². The Morgan fingerprint density at radius 1 is 1.32 bits per heavy atom. The molecule has 170 valence electrons. The smallest absolute Gasteiger partial charge is 0.247 e. The number of fused-ring (bicyclic) bond motifs is 1. The summed E-state index contributed by atoms with van der Waals surface area (Å²) in [6.07, 6.45) is 4.28. The topological polar surface area (TPSA) is 83.0 Å². The molecule has 0 spiro atoms. The van der Waals surface area contributed by atoms with Gasteiger partial charge in [-0.25, -0.2) is 8.42 Å². The van der Waals surface area contributed by atoms with Crippen molar-refractivity contribution in [3.8, 4) is 16.9 Å². The molecule has 8 heteroatoms. The first-order chi connectivity index (χ1) is 14.8. The second kappa shape index (κ2) is 10.1. The molecule has 1 aliphatic heterocycles. The average molecular weight is 448 g/mol. The summed E-state index contributed by atoms with van der Waals surface area (Å²) in [5.74, 6) is 0.288. The lowest BCUT2D eigenvalue weighted by Crippen LogP contribution is -2.49. The van der Waals surface area contributed by atoms with Crippen molar-refractivity contribution in [2.45, 2.75) is 44.2 Å². The number of aliphatic hydroxyl groups excluding tert-OH is 1. The Morgan fingerprint density at radius 2 is 2.10 bits per heavy atom. The van der Waals surface area contributed by atoms with Gasteiger partial charge in [0.05, 0.1) is 6.61 Å². The molecule has 2 heterocycles. The zero-order valence-corrected chi connectivity index (χ0v) is 19.5. The van der Waals surface area contributed by atoms with Crippen molar-refractivity contribution in [2.75, 3.05) is 33.3 Å². The molecule has 0 bridgehead atoms. The number of benzene rings is 1. The van der Waals surface area contributed by atoms with E-state index >= 15 is 0 Å². The number of aromatic nitrogens is 1. The van der Waals surface area contributed by atoms with Crippen LogP contribution < -0.4 is 4.74 Å². The van der Waals surface area contributed by atoms with Crippen LogP contribution in [0.5, 0.6) is 5.75 Å². The van der Waals surface area contributed by atoms with Crippen LogP contribution in [0.25, 0.3) is 11.1 Å². The molecule has 2 aromatic rings. The van der Waals surface area contributed by atoms with E-state index < -0.39 is 16.1 Å². The molecule has 1 aromatic carbocycles. The van der Waals surface area contributed by atoms with Gasteiger partial charge in [-0.1, -0.05) is 26.0 Å². The van der Waals surface area contributed by atoms with Crippen LogP contribution >= 0.6 is 0 Å². The number of hydrogen-bond acceptors (Lipinski definition) is 6. The maximum Gasteiger partial charge on any atom is 0.247 e. The molecule has 1 N–H and O–H groups in total. The van der Waals surface area contributed by atoms with Gasteiger partial charge in [-0.15, -0.1) is 0 Å². The third kappa shape index (κ3) is 5.26. The lowest BCUT2D eigenvalue weighted by atomic mass is 10.0. The van der Waals surface area contributed by atoms with Crippen LogP contribution in [0.4, 0.5) is 0 Å². The number of sulfonamides is 1. The number of aliphatic hydroxyl groups is 1. The van der Waals surface area contributed by atoms with Gasteiger partial charge in [-0.2, -0.15) is 4.31 Å². The molecule has 0 amide bonds. The Kier molecular flexibility index (Phi) is 7.69. The van der Waals surface area contributed by atoms with Gasteiger partial charge in [0, 0.05) is 43.0 Å². The highest BCUT2D eigenvalue weighted by Gasteiger charge is 2.38. The minimum absolute atomic E-state index is 0.0571. The predicted octanol–water partition coefficient (Wildman–Crippen LogP) is 2.86. The van der Waals surface area contributed by atoms with E-state index in [4.69, 9.17) is 4.74 Å². The van der Waals surface area contributed by atoms with Gasteiger partial charge < -0.3 is 14.7 Å². The first kappa shape index (κ1) is 23.7. The number of hydrogen-bond donors (Lipinski definition) is 1. The number of rotatable bonds is 7. The third-order valence-electron chi connectivity index (χ3n) is 5.76. The summed E-state index contributed by atoms with van der Waals surface area (Å²) in [4.78, 5) is 6.51. The molecule has 31 heavy (non-hydrogen) atoms. The summed E-state index contributed by atoms with van der Waals surface area (Å²) in [5, 5.41) is 9.74. The van der Waals surface area contributed by atoms with E-state index in [2.05, 4.69) is 23.9 Å². The van der Waals surface area contributed by atoms with E-state index in [-0.39, 0.29) is 23.5 Å². The van der Waals surface area contributed by atoms with Crippen molar-refractivity contribution in [3.05, 3.63) is 42.7 Å². The molecule has 3 rings (SSSR count). The van der Waals surface area contributed by atoms with E-state index in [0.29, 0.717) is 18.8 Å². The molecule has 0 saturated heterocycles. The van der Waals surface area contributed by atoms with Crippen LogP contribution in [-0.2, 0) is 10.0 Å². The van der Waals surface area contributed by atoms with Crippen LogP contribution in [0.3, 0.4) is 0 Å². The summed E-state index contributed by atoms with van der Waals surface area (Å²) in [7, 11) is -1.78. The number of likely N-dealkylation sites (N-methyl/N-ethyl adjacent to an activating group) is 1. The lowest BCUT2D eigenvalue weighted by molar-refractivity contribution is 0.0753. The summed E-state index contributed by atoms with van der Waals surface area (Å²) in [6, 6.07) is 8.43. The molecule has 1 aliphatic rings. The van der Waals surface area contributed by atoms with Crippen LogP contribution in [0.2, 0.25) is 0 Å². The number of ether oxygens (including phenoxy) is 1. The molecular weight excluding hydrogens is 414 g/mol. The molecule has 7 nitrogen and oxygen atoms in total. The van der Waals surface area contributed by atoms with Crippen LogP contribution in [-0.4, -0.2) is 73.1 Å². The second-order valence-corrected chi connectivity index (χ2v) is 10.3. The fourth-order valence-electron chi connectivity index (χ4n) is 3.94. The summed E-state index contributed by atoms with van der Waals surface area (Å²) < 4.78 is 34.8. The van der Waals surface area contributed by atoms with E-state index in [0.717, 1.165) is 24.1 Å². The highest BCUT2D eigenvalue weighted by molar-refractivity contribution is 7.89. The van der Waals surface area contributed by atoms with Crippen molar-refractivity contribution in [1.29, 1.82) is 0 Å². The Hall–Kier alpha value is -2.00. The normalized spacial score (nSPS) is 22.3. The maximum absolute atomic E-state index is 13.5.